The summed E-state index contributed by atoms with van der Waals surface area (Å²) in [7, 11) is -3.45. The highest BCUT2D eigenvalue weighted by Gasteiger charge is 2.25. The molecule has 5 heteroatoms. The predicted octanol–water partition coefficient (Wildman–Crippen LogP) is 1.27. The van der Waals surface area contributed by atoms with Gasteiger partial charge in [0.2, 0.25) is 10.0 Å². The van der Waals surface area contributed by atoms with E-state index in [0.717, 1.165) is 12.8 Å². The molecular formula is C11H16N2O2S. The summed E-state index contributed by atoms with van der Waals surface area (Å²) >= 11 is 0. The third-order valence-electron chi connectivity index (χ3n) is 2.77. The third kappa shape index (κ3) is 2.36. The highest BCUT2D eigenvalue weighted by molar-refractivity contribution is 7.89. The Balaban J connectivity index is 2.26. The fourth-order valence-electron chi connectivity index (χ4n) is 1.66. The second-order valence-corrected chi connectivity index (χ2v) is 5.99. The van der Waals surface area contributed by atoms with Crippen LogP contribution in [0.3, 0.4) is 0 Å². The zero-order chi connectivity index (χ0) is 11.8. The van der Waals surface area contributed by atoms with Crippen molar-refractivity contribution in [2.45, 2.75) is 24.7 Å². The summed E-state index contributed by atoms with van der Waals surface area (Å²) in [6, 6.07) is 5.12. The first-order chi connectivity index (χ1) is 7.50. The minimum atomic E-state index is -3.45. The van der Waals surface area contributed by atoms with E-state index < -0.39 is 10.0 Å². The van der Waals surface area contributed by atoms with Gasteiger partial charge in [-0.25, -0.2) is 13.1 Å². The summed E-state index contributed by atoms with van der Waals surface area (Å²) in [6.07, 6.45) is 2.23. The molecule has 1 saturated carbocycles. The Bertz CT molecular complexity index is 472. The summed E-state index contributed by atoms with van der Waals surface area (Å²) < 4.78 is 26.6. The van der Waals surface area contributed by atoms with Crippen molar-refractivity contribution in [3.8, 4) is 0 Å². The normalized spacial score (nSPS) is 16.3. The van der Waals surface area contributed by atoms with Crippen LogP contribution in [0.15, 0.2) is 23.1 Å². The number of sulfonamides is 1. The second kappa shape index (κ2) is 4.07. The van der Waals surface area contributed by atoms with Gasteiger partial charge in [-0.2, -0.15) is 0 Å². The van der Waals surface area contributed by atoms with E-state index in [0.29, 0.717) is 23.7 Å². The van der Waals surface area contributed by atoms with Crippen molar-refractivity contribution in [2.24, 2.45) is 5.92 Å². The Morgan fingerprint density at radius 3 is 2.69 bits per heavy atom. The van der Waals surface area contributed by atoms with Gasteiger partial charge >= 0.3 is 0 Å². The molecule has 0 atom stereocenters. The molecule has 0 heterocycles. The number of nitrogen functional groups attached to an aromatic ring is 1. The number of aryl methyl sites for hydroxylation is 1. The maximum Gasteiger partial charge on any atom is 0.242 e. The Hall–Kier alpha value is -1.07. The molecule has 4 nitrogen and oxygen atoms in total. The van der Waals surface area contributed by atoms with E-state index in [1.165, 1.54) is 0 Å². The quantitative estimate of drug-likeness (QED) is 0.778. The topological polar surface area (TPSA) is 72.2 Å². The van der Waals surface area contributed by atoms with Gasteiger partial charge < -0.3 is 5.73 Å². The predicted molar refractivity (Wildman–Crippen MR) is 63.5 cm³/mol. The van der Waals surface area contributed by atoms with Crippen LogP contribution in [0.4, 0.5) is 5.69 Å². The lowest BCUT2D eigenvalue weighted by Gasteiger charge is -2.11. The smallest absolute Gasteiger partial charge is 0.242 e. The molecule has 1 aromatic carbocycles. The maximum atomic E-state index is 12.0. The molecular weight excluding hydrogens is 224 g/mol. The van der Waals surface area contributed by atoms with Crippen LogP contribution in [0.1, 0.15) is 18.4 Å². The number of nitrogens with one attached hydrogen (secondary N) is 1. The van der Waals surface area contributed by atoms with Crippen LogP contribution < -0.4 is 10.5 Å². The molecule has 1 fully saturated rings. The summed E-state index contributed by atoms with van der Waals surface area (Å²) in [5.41, 5.74) is 6.70. The van der Waals surface area contributed by atoms with Gasteiger partial charge in [0, 0.05) is 6.54 Å². The summed E-state index contributed by atoms with van der Waals surface area (Å²) in [5.74, 6) is 0.514. The van der Waals surface area contributed by atoms with Crippen LogP contribution in [0.25, 0.3) is 0 Å². The first kappa shape index (κ1) is 11.4. The standard InChI is InChI=1S/C11H16N2O2S/c1-8-3-2-4-10(12)11(8)16(14,15)13-7-9-5-6-9/h2-4,9,13H,5-7,12H2,1H3. The van der Waals surface area contributed by atoms with E-state index in [1.807, 2.05) is 0 Å². The van der Waals surface area contributed by atoms with Gasteiger partial charge in [-0.1, -0.05) is 12.1 Å². The van der Waals surface area contributed by atoms with Crippen LogP contribution in [0, 0.1) is 12.8 Å². The molecule has 0 amide bonds. The molecule has 0 unspecified atom stereocenters. The molecule has 0 spiro atoms. The number of rotatable bonds is 4. The van der Waals surface area contributed by atoms with E-state index in [-0.39, 0.29) is 4.90 Å². The summed E-state index contributed by atoms with van der Waals surface area (Å²) in [5, 5.41) is 0. The van der Waals surface area contributed by atoms with Gasteiger partial charge in [0.1, 0.15) is 4.90 Å². The fourth-order valence-corrected chi connectivity index (χ4v) is 3.13. The Morgan fingerprint density at radius 1 is 1.44 bits per heavy atom. The molecule has 1 aromatic rings. The number of anilines is 1. The van der Waals surface area contributed by atoms with Crippen molar-refractivity contribution in [1.82, 2.24) is 4.72 Å². The molecule has 1 aliphatic rings. The van der Waals surface area contributed by atoms with E-state index in [4.69, 9.17) is 5.73 Å². The number of hydrogen-bond acceptors (Lipinski definition) is 3. The van der Waals surface area contributed by atoms with Gasteiger partial charge in [-0.05, 0) is 37.3 Å². The average Bonchev–Trinajstić information content (AvgIpc) is 2.97. The molecule has 0 aliphatic heterocycles. The highest BCUT2D eigenvalue weighted by atomic mass is 32.2. The third-order valence-corrected chi connectivity index (χ3v) is 4.41. The molecule has 2 rings (SSSR count). The molecule has 88 valence electrons. The largest absolute Gasteiger partial charge is 0.398 e. The van der Waals surface area contributed by atoms with Crippen LogP contribution in [0.5, 0.6) is 0 Å². The molecule has 0 bridgehead atoms. The summed E-state index contributed by atoms with van der Waals surface area (Å²) in [4.78, 5) is 0.218. The van der Waals surface area contributed by atoms with Crippen molar-refractivity contribution in [3.63, 3.8) is 0 Å². The first-order valence-electron chi connectivity index (χ1n) is 5.35. The molecule has 0 aromatic heterocycles. The molecule has 0 radical (unpaired) electrons. The van der Waals surface area contributed by atoms with Gasteiger partial charge in [-0.15, -0.1) is 0 Å². The van der Waals surface area contributed by atoms with Crippen LogP contribution >= 0.6 is 0 Å². The molecule has 16 heavy (non-hydrogen) atoms. The van der Waals surface area contributed by atoms with Crippen molar-refractivity contribution in [2.75, 3.05) is 12.3 Å². The number of benzene rings is 1. The molecule has 0 saturated heterocycles. The fraction of sp³-hybridized carbons (Fsp3) is 0.455. The zero-order valence-electron chi connectivity index (χ0n) is 9.23. The minimum absolute atomic E-state index is 0.218. The average molecular weight is 240 g/mol. The lowest BCUT2D eigenvalue weighted by molar-refractivity contribution is 0.577. The SMILES string of the molecule is Cc1cccc(N)c1S(=O)(=O)NCC1CC1. The summed E-state index contributed by atoms with van der Waals surface area (Å²) in [6.45, 7) is 2.28. The monoisotopic (exact) mass is 240 g/mol. The molecule has 1 aliphatic carbocycles. The maximum absolute atomic E-state index is 12.0. The number of hydrogen-bond donors (Lipinski definition) is 2. The Morgan fingerprint density at radius 2 is 2.12 bits per heavy atom. The van der Waals surface area contributed by atoms with Crippen molar-refractivity contribution < 1.29 is 8.42 Å². The van der Waals surface area contributed by atoms with Gasteiger partial charge in [0.25, 0.3) is 0 Å². The Labute approximate surface area is 95.9 Å². The van der Waals surface area contributed by atoms with E-state index >= 15 is 0 Å². The second-order valence-electron chi connectivity index (χ2n) is 4.29. The van der Waals surface area contributed by atoms with Gasteiger partial charge in [0.05, 0.1) is 5.69 Å². The molecule has 3 N–H and O–H groups in total. The van der Waals surface area contributed by atoms with Crippen molar-refractivity contribution in [1.29, 1.82) is 0 Å². The van der Waals surface area contributed by atoms with Crippen molar-refractivity contribution >= 4 is 15.7 Å². The van der Waals surface area contributed by atoms with Gasteiger partial charge in [-0.3, -0.25) is 0 Å². The van der Waals surface area contributed by atoms with Crippen LogP contribution in [-0.4, -0.2) is 15.0 Å². The van der Waals surface area contributed by atoms with Crippen LogP contribution in [-0.2, 0) is 10.0 Å². The minimum Gasteiger partial charge on any atom is -0.398 e. The van der Waals surface area contributed by atoms with Crippen LogP contribution in [0.2, 0.25) is 0 Å². The van der Waals surface area contributed by atoms with E-state index in [1.54, 1.807) is 25.1 Å². The zero-order valence-corrected chi connectivity index (χ0v) is 10.0. The van der Waals surface area contributed by atoms with E-state index in [9.17, 15) is 8.42 Å². The van der Waals surface area contributed by atoms with Gasteiger partial charge in [0.15, 0.2) is 0 Å². The van der Waals surface area contributed by atoms with E-state index in [2.05, 4.69) is 4.72 Å². The van der Waals surface area contributed by atoms with Crippen molar-refractivity contribution in [3.05, 3.63) is 23.8 Å². The highest BCUT2D eigenvalue weighted by Crippen LogP contribution is 2.29. The first-order valence-corrected chi connectivity index (χ1v) is 6.84. The lowest BCUT2D eigenvalue weighted by atomic mass is 10.2. The lowest BCUT2D eigenvalue weighted by Crippen LogP contribution is -2.27. The number of nitrogens with two attached hydrogens (primary N) is 1. The Kier molecular flexibility index (Phi) is 2.90.